The van der Waals surface area contributed by atoms with Gasteiger partial charge in [0.1, 0.15) is 16.9 Å². The van der Waals surface area contributed by atoms with Crippen LogP contribution in [0.5, 0.6) is 0 Å². The van der Waals surface area contributed by atoms with Gasteiger partial charge in [0.25, 0.3) is 0 Å². The lowest BCUT2D eigenvalue weighted by molar-refractivity contribution is 0.0521. The molecule has 0 N–H and O–H groups in total. The third-order valence-electron chi connectivity index (χ3n) is 3.98. The van der Waals surface area contributed by atoms with Crippen LogP contribution in [0.3, 0.4) is 0 Å². The van der Waals surface area contributed by atoms with Crippen molar-refractivity contribution in [2.75, 3.05) is 6.61 Å². The summed E-state index contributed by atoms with van der Waals surface area (Å²) in [6.45, 7) is 5.48. The third kappa shape index (κ3) is 2.71. The molecule has 3 aromatic rings. The largest absolute Gasteiger partial charge is 0.462 e. The van der Waals surface area contributed by atoms with Crippen LogP contribution in [0.2, 0.25) is 0 Å². The van der Waals surface area contributed by atoms with Crippen LogP contribution in [-0.2, 0) is 4.74 Å². The maximum Gasteiger partial charge on any atom is 0.345 e. The minimum absolute atomic E-state index is 0.0350. The number of benzene rings is 2. The number of fused-ring (bicyclic) bond motifs is 1. The summed E-state index contributed by atoms with van der Waals surface area (Å²) in [5.74, 6) is -0.370. The van der Waals surface area contributed by atoms with Crippen LogP contribution in [0.4, 0.5) is 0 Å². The lowest BCUT2D eigenvalue weighted by Gasteiger charge is -2.10. The summed E-state index contributed by atoms with van der Waals surface area (Å²) >= 11 is 0. The van der Waals surface area contributed by atoms with E-state index in [-0.39, 0.29) is 23.4 Å². The quantitative estimate of drug-likeness (QED) is 0.676. The predicted octanol–water partition coefficient (Wildman–Crippen LogP) is 4.25. The van der Waals surface area contributed by atoms with Crippen molar-refractivity contribution in [3.8, 4) is 11.1 Å². The van der Waals surface area contributed by atoms with Crippen molar-refractivity contribution in [1.82, 2.24) is 0 Å². The van der Waals surface area contributed by atoms with Crippen molar-refractivity contribution >= 4 is 16.9 Å². The van der Waals surface area contributed by atoms with E-state index in [1.165, 1.54) is 0 Å². The van der Waals surface area contributed by atoms with Gasteiger partial charge in [-0.15, -0.1) is 0 Å². The highest BCUT2D eigenvalue weighted by atomic mass is 16.5. The Morgan fingerprint density at radius 2 is 1.83 bits per heavy atom. The van der Waals surface area contributed by atoms with Gasteiger partial charge in [-0.1, -0.05) is 30.3 Å². The van der Waals surface area contributed by atoms with Crippen molar-refractivity contribution in [3.05, 3.63) is 69.6 Å². The van der Waals surface area contributed by atoms with Gasteiger partial charge in [-0.2, -0.15) is 0 Å². The summed E-state index contributed by atoms with van der Waals surface area (Å²) < 4.78 is 10.7. The molecule has 0 aliphatic carbocycles. The Balaban J connectivity index is 2.29. The van der Waals surface area contributed by atoms with E-state index in [0.717, 1.165) is 16.7 Å². The number of hydrogen-bond acceptors (Lipinski definition) is 4. The molecule has 0 saturated heterocycles. The smallest absolute Gasteiger partial charge is 0.345 e. The first-order valence-corrected chi connectivity index (χ1v) is 7.83. The molecule has 1 aromatic heterocycles. The fourth-order valence-electron chi connectivity index (χ4n) is 2.82. The monoisotopic (exact) mass is 322 g/mol. The first-order valence-electron chi connectivity index (χ1n) is 7.83. The fraction of sp³-hybridized carbons (Fsp3) is 0.200. The molecule has 0 aliphatic heterocycles. The Labute approximate surface area is 139 Å². The second-order valence-corrected chi connectivity index (χ2v) is 5.61. The molecule has 4 nitrogen and oxygen atoms in total. The van der Waals surface area contributed by atoms with Gasteiger partial charge in [-0.3, -0.25) is 4.79 Å². The van der Waals surface area contributed by atoms with Crippen LogP contribution in [0, 0.1) is 13.8 Å². The van der Waals surface area contributed by atoms with Gasteiger partial charge in [0.2, 0.25) is 5.43 Å². The van der Waals surface area contributed by atoms with Crippen molar-refractivity contribution < 1.29 is 13.9 Å². The van der Waals surface area contributed by atoms with Crippen LogP contribution in [-0.4, -0.2) is 12.6 Å². The zero-order valence-corrected chi connectivity index (χ0v) is 13.9. The summed E-state index contributed by atoms with van der Waals surface area (Å²) in [5.41, 5.74) is 3.03. The molecular weight excluding hydrogens is 304 g/mol. The molecule has 0 unspecified atom stereocenters. The average Bonchev–Trinajstić information content (AvgIpc) is 2.55. The van der Waals surface area contributed by atoms with Gasteiger partial charge < -0.3 is 9.15 Å². The molecule has 24 heavy (non-hydrogen) atoms. The van der Waals surface area contributed by atoms with Crippen molar-refractivity contribution in [1.29, 1.82) is 0 Å². The summed E-state index contributed by atoms with van der Waals surface area (Å²) in [5, 5.41) is 0.383. The third-order valence-corrected chi connectivity index (χ3v) is 3.98. The maximum atomic E-state index is 12.8. The number of carbonyl (C=O) groups is 1. The second-order valence-electron chi connectivity index (χ2n) is 5.61. The number of carbonyl (C=O) groups excluding carboxylic acids is 1. The molecular formula is C20H18O4. The molecule has 0 amide bonds. The van der Waals surface area contributed by atoms with Crippen molar-refractivity contribution in [2.45, 2.75) is 20.8 Å². The zero-order chi connectivity index (χ0) is 17.3. The molecule has 4 heteroatoms. The van der Waals surface area contributed by atoms with E-state index in [0.29, 0.717) is 11.0 Å². The Bertz CT molecular complexity index is 968. The lowest BCUT2D eigenvalue weighted by atomic mass is 9.97. The van der Waals surface area contributed by atoms with Crippen LogP contribution < -0.4 is 5.43 Å². The van der Waals surface area contributed by atoms with E-state index in [9.17, 15) is 9.59 Å². The predicted molar refractivity (Wildman–Crippen MR) is 93.4 cm³/mol. The van der Waals surface area contributed by atoms with E-state index in [2.05, 4.69) is 0 Å². The van der Waals surface area contributed by atoms with Crippen molar-refractivity contribution in [2.24, 2.45) is 0 Å². The molecule has 0 atom stereocenters. The van der Waals surface area contributed by atoms with Gasteiger partial charge in [-0.25, -0.2) is 4.79 Å². The summed E-state index contributed by atoms with van der Waals surface area (Å²) in [6, 6.07) is 13.4. The van der Waals surface area contributed by atoms with Crippen LogP contribution >= 0.6 is 0 Å². The lowest BCUT2D eigenvalue weighted by Crippen LogP contribution is -2.19. The summed E-state index contributed by atoms with van der Waals surface area (Å²) in [7, 11) is 0. The minimum Gasteiger partial charge on any atom is -0.462 e. The van der Waals surface area contributed by atoms with Crippen LogP contribution in [0.25, 0.3) is 22.1 Å². The molecule has 0 bridgehead atoms. The van der Waals surface area contributed by atoms with Gasteiger partial charge in [0, 0.05) is 0 Å². The number of rotatable bonds is 3. The normalized spacial score (nSPS) is 10.8. The van der Waals surface area contributed by atoms with E-state index in [4.69, 9.17) is 9.15 Å². The fourth-order valence-corrected chi connectivity index (χ4v) is 2.82. The zero-order valence-electron chi connectivity index (χ0n) is 13.9. The average molecular weight is 322 g/mol. The Morgan fingerprint density at radius 1 is 1.12 bits per heavy atom. The Morgan fingerprint density at radius 3 is 2.50 bits per heavy atom. The second kappa shape index (κ2) is 6.32. The molecule has 0 spiro atoms. The van der Waals surface area contributed by atoms with Gasteiger partial charge in [-0.05, 0) is 49.6 Å². The topological polar surface area (TPSA) is 56.5 Å². The highest BCUT2D eigenvalue weighted by molar-refractivity contribution is 5.95. The maximum absolute atomic E-state index is 12.8. The molecule has 0 radical (unpaired) electrons. The van der Waals surface area contributed by atoms with Gasteiger partial charge in [0.05, 0.1) is 12.0 Å². The van der Waals surface area contributed by atoms with E-state index in [1.807, 2.05) is 43.3 Å². The molecule has 0 aliphatic rings. The first-order chi connectivity index (χ1) is 11.5. The standard InChI is InChI=1S/C20H18O4/c1-4-23-20(22)18-13(3)24-17-10-12(2)15(11-16(17)19(18)21)14-8-6-5-7-9-14/h5-11H,4H2,1-3H3. The van der Waals surface area contributed by atoms with E-state index >= 15 is 0 Å². The first kappa shape index (κ1) is 16.0. The molecule has 0 fully saturated rings. The molecule has 3 rings (SSSR count). The minimum atomic E-state index is -0.646. The highest BCUT2D eigenvalue weighted by Crippen LogP contribution is 2.28. The van der Waals surface area contributed by atoms with Crippen LogP contribution in [0.1, 0.15) is 28.6 Å². The molecule has 0 saturated carbocycles. The number of esters is 1. The SMILES string of the molecule is CCOC(=O)c1c(C)oc2cc(C)c(-c3ccccc3)cc2c1=O. The Kier molecular flexibility index (Phi) is 4.21. The number of aryl methyl sites for hydroxylation is 2. The highest BCUT2D eigenvalue weighted by Gasteiger charge is 2.20. The number of ether oxygens (including phenoxy) is 1. The molecule has 122 valence electrons. The van der Waals surface area contributed by atoms with Gasteiger partial charge in [0.15, 0.2) is 0 Å². The van der Waals surface area contributed by atoms with Gasteiger partial charge >= 0.3 is 5.97 Å². The van der Waals surface area contributed by atoms with Crippen LogP contribution in [0.15, 0.2) is 51.7 Å². The summed E-state index contributed by atoms with van der Waals surface area (Å²) in [4.78, 5) is 24.9. The summed E-state index contributed by atoms with van der Waals surface area (Å²) in [6.07, 6.45) is 0. The molecule has 1 heterocycles. The molecule has 2 aromatic carbocycles. The Hall–Kier alpha value is -2.88. The number of hydrogen-bond donors (Lipinski definition) is 0. The van der Waals surface area contributed by atoms with E-state index < -0.39 is 5.97 Å². The van der Waals surface area contributed by atoms with Crippen molar-refractivity contribution in [3.63, 3.8) is 0 Å². The van der Waals surface area contributed by atoms with E-state index in [1.54, 1.807) is 19.9 Å².